The van der Waals surface area contributed by atoms with Crippen molar-refractivity contribution in [2.75, 3.05) is 34.3 Å². The maximum absolute atomic E-state index is 14.4. The van der Waals surface area contributed by atoms with Gasteiger partial charge in [0.25, 0.3) is 0 Å². The fraction of sp³-hybridized carbons (Fsp3) is 0.410. The molecule has 0 aliphatic rings. The van der Waals surface area contributed by atoms with Gasteiger partial charge in [0.05, 0.1) is 0 Å². The third kappa shape index (κ3) is 11.1. The number of benzene rings is 3. The molecule has 9 heteroatoms. The van der Waals surface area contributed by atoms with Crippen molar-refractivity contribution in [3.8, 4) is 11.1 Å². The fourth-order valence-electron chi connectivity index (χ4n) is 5.04. The first-order valence-corrected chi connectivity index (χ1v) is 16.3. The van der Waals surface area contributed by atoms with Crippen molar-refractivity contribution in [2.24, 2.45) is 5.41 Å². The van der Waals surface area contributed by atoms with E-state index in [0.717, 1.165) is 16.7 Å². The lowest BCUT2D eigenvalue weighted by Gasteiger charge is -2.35. The topological polar surface area (TPSA) is 102 Å². The zero-order chi connectivity index (χ0) is 35.5. The smallest absolute Gasteiger partial charge is 0.246 e. The van der Waals surface area contributed by atoms with Crippen LogP contribution in [0.2, 0.25) is 0 Å². The van der Waals surface area contributed by atoms with Crippen LogP contribution < -0.4 is 10.6 Å². The largest absolute Gasteiger partial charge is 0.396 e. The monoisotopic (exact) mass is 658 g/mol. The van der Waals surface area contributed by atoms with Crippen molar-refractivity contribution in [3.63, 3.8) is 0 Å². The highest BCUT2D eigenvalue weighted by Crippen LogP contribution is 2.22. The number of nitrogens with zero attached hydrogens (tertiary/aromatic N) is 2. The highest BCUT2D eigenvalue weighted by molar-refractivity contribution is 5.95. The Morgan fingerprint density at radius 1 is 0.812 bits per heavy atom. The second-order valence-electron chi connectivity index (χ2n) is 13.8. The maximum Gasteiger partial charge on any atom is 0.246 e. The number of hydrogen-bond donors (Lipinski definition) is 3. The van der Waals surface area contributed by atoms with Crippen LogP contribution in [0.3, 0.4) is 0 Å². The van der Waals surface area contributed by atoms with Crippen molar-refractivity contribution in [1.82, 2.24) is 20.4 Å². The maximum atomic E-state index is 14.4. The molecule has 0 spiro atoms. The van der Waals surface area contributed by atoms with Crippen LogP contribution in [-0.4, -0.2) is 84.5 Å². The average Bonchev–Trinajstić information content (AvgIpc) is 3.09. The van der Waals surface area contributed by atoms with Crippen LogP contribution in [0.1, 0.15) is 45.2 Å². The van der Waals surface area contributed by atoms with Gasteiger partial charge in [0.15, 0.2) is 0 Å². The van der Waals surface area contributed by atoms with Gasteiger partial charge in [0.1, 0.15) is 17.9 Å². The average molecular weight is 659 g/mol. The number of hydrogen-bond acceptors (Lipinski definition) is 5. The van der Waals surface area contributed by atoms with E-state index >= 15 is 0 Å². The zero-order valence-corrected chi connectivity index (χ0v) is 29.3. The van der Waals surface area contributed by atoms with Gasteiger partial charge in [-0.15, -0.1) is 0 Å². The number of carbonyl (C=O) groups is 3. The summed E-state index contributed by atoms with van der Waals surface area (Å²) in [6, 6.07) is 21.8. The first-order valence-electron chi connectivity index (χ1n) is 16.3. The van der Waals surface area contributed by atoms with Crippen LogP contribution in [-0.2, 0) is 27.2 Å². The summed E-state index contributed by atoms with van der Waals surface area (Å²) in [5.41, 5.74) is 2.83. The lowest BCUT2D eigenvalue weighted by Crippen LogP contribution is -2.56. The molecule has 0 aliphatic carbocycles. The lowest BCUT2D eigenvalue weighted by molar-refractivity contribution is -0.146. The molecule has 0 saturated heterocycles. The molecule has 3 rings (SSSR count). The molecule has 0 saturated carbocycles. The van der Waals surface area contributed by atoms with Crippen molar-refractivity contribution in [1.29, 1.82) is 0 Å². The minimum absolute atomic E-state index is 0.128. The van der Waals surface area contributed by atoms with Crippen LogP contribution in [0.4, 0.5) is 4.39 Å². The molecular weight excluding hydrogens is 607 g/mol. The number of nitrogens with one attached hydrogen (secondary N) is 2. The van der Waals surface area contributed by atoms with E-state index in [0.29, 0.717) is 12.0 Å². The molecule has 2 atom stereocenters. The van der Waals surface area contributed by atoms with E-state index < -0.39 is 35.1 Å². The lowest BCUT2D eigenvalue weighted by atomic mass is 9.94. The first kappa shape index (κ1) is 38.1. The second kappa shape index (κ2) is 17.2. The number of aliphatic hydroxyl groups excluding tert-OH is 1. The summed E-state index contributed by atoms with van der Waals surface area (Å²) in [6.45, 7) is 7.75. The molecule has 0 heterocycles. The molecule has 3 amide bonds. The molecular formula is C39H51FN4O4. The minimum atomic E-state index is -0.962. The highest BCUT2D eigenvalue weighted by atomic mass is 19.1. The Hall–Kier alpha value is -4.34. The Labute approximate surface area is 285 Å². The number of likely N-dealkylation sites (N-methyl/N-ethyl adjacent to an activating group) is 2. The van der Waals surface area contributed by atoms with E-state index in [4.69, 9.17) is 0 Å². The summed E-state index contributed by atoms with van der Waals surface area (Å²) in [7, 11) is 5.02. The van der Waals surface area contributed by atoms with Gasteiger partial charge in [-0.2, -0.15) is 0 Å². The summed E-state index contributed by atoms with van der Waals surface area (Å²) in [5, 5.41) is 15.8. The van der Waals surface area contributed by atoms with Crippen molar-refractivity contribution < 1.29 is 23.9 Å². The molecule has 3 N–H and O–H groups in total. The van der Waals surface area contributed by atoms with Gasteiger partial charge >= 0.3 is 0 Å². The summed E-state index contributed by atoms with van der Waals surface area (Å²) in [6.07, 6.45) is 4.23. The van der Waals surface area contributed by atoms with Gasteiger partial charge in [-0.1, -0.05) is 86.7 Å². The van der Waals surface area contributed by atoms with E-state index in [9.17, 15) is 23.9 Å². The fourth-order valence-corrected chi connectivity index (χ4v) is 5.04. The van der Waals surface area contributed by atoms with Crippen molar-refractivity contribution in [2.45, 2.75) is 64.6 Å². The second-order valence-corrected chi connectivity index (χ2v) is 13.8. The predicted molar refractivity (Wildman–Crippen MR) is 190 cm³/mol. The summed E-state index contributed by atoms with van der Waals surface area (Å²) in [5.74, 6) is -1.56. The molecule has 0 aliphatic heterocycles. The number of carbonyl (C=O) groups excluding carboxylic acids is 3. The summed E-state index contributed by atoms with van der Waals surface area (Å²) >= 11 is 0. The summed E-state index contributed by atoms with van der Waals surface area (Å²) < 4.78 is 13.7. The SMILES string of the molecule is CNC(C)(C)C/C=C/C(=O)N(C)C(Cc1ccc(-c2ccccc2)cc1)C(=O)N(C)C(Cc1ccc(F)cc1)C(=O)NCC(C)(C)CO. The Kier molecular flexibility index (Phi) is 13.6. The van der Waals surface area contributed by atoms with Gasteiger partial charge in [0, 0.05) is 51.0 Å². The van der Waals surface area contributed by atoms with Crippen LogP contribution in [0, 0.1) is 11.2 Å². The molecule has 0 bridgehead atoms. The quantitative estimate of drug-likeness (QED) is 0.188. The van der Waals surface area contributed by atoms with Gasteiger partial charge in [-0.3, -0.25) is 14.4 Å². The van der Waals surface area contributed by atoms with Crippen LogP contribution in [0.5, 0.6) is 0 Å². The molecule has 0 radical (unpaired) electrons. The minimum Gasteiger partial charge on any atom is -0.396 e. The van der Waals surface area contributed by atoms with Gasteiger partial charge in [0.2, 0.25) is 17.7 Å². The van der Waals surface area contributed by atoms with E-state index in [1.165, 1.54) is 28.0 Å². The van der Waals surface area contributed by atoms with E-state index in [-0.39, 0.29) is 37.4 Å². The van der Waals surface area contributed by atoms with Gasteiger partial charge in [-0.05, 0) is 67.8 Å². The Morgan fingerprint density at radius 2 is 1.35 bits per heavy atom. The number of aliphatic hydroxyl groups is 1. The third-order valence-corrected chi connectivity index (χ3v) is 8.78. The molecule has 48 heavy (non-hydrogen) atoms. The third-order valence-electron chi connectivity index (χ3n) is 8.78. The Morgan fingerprint density at radius 3 is 1.92 bits per heavy atom. The molecule has 3 aromatic carbocycles. The number of rotatable bonds is 16. The molecule has 258 valence electrons. The Balaban J connectivity index is 1.95. The molecule has 8 nitrogen and oxygen atoms in total. The molecule has 2 unspecified atom stereocenters. The van der Waals surface area contributed by atoms with Gasteiger partial charge < -0.3 is 25.5 Å². The van der Waals surface area contributed by atoms with Crippen molar-refractivity contribution in [3.05, 3.63) is 108 Å². The van der Waals surface area contributed by atoms with Crippen LogP contribution in [0.25, 0.3) is 11.1 Å². The molecule has 0 aromatic heterocycles. The number of halogens is 1. The van der Waals surface area contributed by atoms with E-state index in [2.05, 4.69) is 10.6 Å². The molecule has 0 fully saturated rings. The summed E-state index contributed by atoms with van der Waals surface area (Å²) in [4.78, 5) is 44.4. The van der Waals surface area contributed by atoms with E-state index in [1.54, 1.807) is 32.3 Å². The first-order chi connectivity index (χ1) is 22.7. The number of amides is 3. The highest BCUT2D eigenvalue weighted by Gasteiger charge is 2.35. The normalized spacial score (nSPS) is 13.2. The Bertz CT molecular complexity index is 1520. The van der Waals surface area contributed by atoms with Gasteiger partial charge in [-0.25, -0.2) is 4.39 Å². The predicted octanol–water partition coefficient (Wildman–Crippen LogP) is 5.01. The standard InChI is InChI=1S/C39H51FN4O4/c1-38(2,27-45)26-42-36(47)33(24-29-17-21-32(40)22-18-29)44(7)37(48)34(43(6)35(46)14-11-23-39(3,4)41-5)25-28-15-19-31(20-16-28)30-12-9-8-10-13-30/h8-22,33-34,41,45H,23-27H2,1-7H3,(H,42,47)/b14-11+. The van der Waals surface area contributed by atoms with Crippen LogP contribution in [0.15, 0.2) is 91.0 Å². The van der Waals surface area contributed by atoms with Crippen LogP contribution >= 0.6 is 0 Å². The van der Waals surface area contributed by atoms with Crippen molar-refractivity contribution >= 4 is 17.7 Å². The zero-order valence-electron chi connectivity index (χ0n) is 29.3. The molecule has 3 aromatic rings. The van der Waals surface area contributed by atoms with E-state index in [1.807, 2.05) is 89.3 Å².